The van der Waals surface area contributed by atoms with Crippen LogP contribution in [0.1, 0.15) is 46.1 Å². The van der Waals surface area contributed by atoms with E-state index in [2.05, 4.69) is 14.9 Å². The molecule has 1 aliphatic carbocycles. The molecule has 2 aromatic rings. The van der Waals surface area contributed by atoms with Crippen molar-refractivity contribution in [2.75, 3.05) is 40.0 Å². The average Bonchev–Trinajstić information content (AvgIpc) is 3.03. The molecule has 7 nitrogen and oxygen atoms in total. The number of pyridine rings is 1. The number of hydrogen-bond donors (Lipinski definition) is 2. The minimum atomic E-state index is -1.01. The summed E-state index contributed by atoms with van der Waals surface area (Å²) in [5, 5.41) is 10.6. The summed E-state index contributed by atoms with van der Waals surface area (Å²) in [6, 6.07) is 0. The van der Waals surface area contributed by atoms with Gasteiger partial charge in [0.15, 0.2) is 5.69 Å². The Balaban J connectivity index is 1.80. The van der Waals surface area contributed by atoms with Gasteiger partial charge >= 0.3 is 5.97 Å². The number of nitrogens with zero attached hydrogens (tertiary/aromatic N) is 2. The molecule has 3 heterocycles. The monoisotopic (exact) mass is 359 g/mol. The number of fused-ring (bicyclic) bond motifs is 3. The van der Waals surface area contributed by atoms with Gasteiger partial charge in [-0.15, -0.1) is 0 Å². The first-order chi connectivity index (χ1) is 12.7. The molecule has 1 unspecified atom stereocenters. The number of carbonyl (C=O) groups is 1. The molecular weight excluding hydrogens is 334 g/mol. The van der Waals surface area contributed by atoms with Crippen molar-refractivity contribution in [3.63, 3.8) is 0 Å². The molecule has 4 rings (SSSR count). The van der Waals surface area contributed by atoms with E-state index in [1.807, 2.05) is 0 Å². The van der Waals surface area contributed by atoms with Crippen LogP contribution in [-0.4, -0.2) is 65.9 Å². The zero-order chi connectivity index (χ0) is 18.1. The highest BCUT2D eigenvalue weighted by molar-refractivity contribution is 5.97. The van der Waals surface area contributed by atoms with Gasteiger partial charge in [0.2, 0.25) is 0 Å². The first kappa shape index (κ1) is 17.5. The van der Waals surface area contributed by atoms with Gasteiger partial charge < -0.3 is 19.6 Å². The van der Waals surface area contributed by atoms with Crippen molar-refractivity contribution < 1.29 is 19.4 Å². The fourth-order valence-electron chi connectivity index (χ4n) is 4.40. The molecule has 1 fully saturated rings. The van der Waals surface area contributed by atoms with Gasteiger partial charge in [0.1, 0.15) is 0 Å². The van der Waals surface area contributed by atoms with E-state index >= 15 is 0 Å². The molecular formula is C19H25N3O4. The van der Waals surface area contributed by atoms with Gasteiger partial charge in [-0.25, -0.2) is 9.78 Å². The molecule has 2 aromatic heterocycles. The largest absolute Gasteiger partial charge is 0.477 e. The van der Waals surface area contributed by atoms with E-state index in [1.165, 1.54) is 11.3 Å². The van der Waals surface area contributed by atoms with Crippen LogP contribution >= 0.6 is 0 Å². The fourth-order valence-corrected chi connectivity index (χ4v) is 4.40. The maximum Gasteiger partial charge on any atom is 0.354 e. The molecule has 7 heteroatoms. The topological polar surface area (TPSA) is 87.7 Å². The van der Waals surface area contributed by atoms with Gasteiger partial charge in [-0.2, -0.15) is 0 Å². The Morgan fingerprint density at radius 3 is 3.00 bits per heavy atom. The Morgan fingerprint density at radius 1 is 1.46 bits per heavy atom. The first-order valence-corrected chi connectivity index (χ1v) is 9.23. The van der Waals surface area contributed by atoms with Crippen molar-refractivity contribution in [1.82, 2.24) is 14.9 Å². The third-order valence-corrected chi connectivity index (χ3v) is 5.52. The zero-order valence-electron chi connectivity index (χ0n) is 15.1. The van der Waals surface area contributed by atoms with Crippen molar-refractivity contribution in [2.24, 2.45) is 0 Å². The number of H-pyrrole nitrogens is 1. The van der Waals surface area contributed by atoms with Gasteiger partial charge in [0.25, 0.3) is 0 Å². The molecule has 0 amide bonds. The number of carboxylic acids is 1. The van der Waals surface area contributed by atoms with Crippen LogP contribution in [0.2, 0.25) is 0 Å². The van der Waals surface area contributed by atoms with Gasteiger partial charge in [-0.05, 0) is 30.7 Å². The number of aromatic carboxylic acids is 1. The predicted octanol–water partition coefficient (Wildman–Crippen LogP) is 2.16. The lowest BCUT2D eigenvalue weighted by atomic mass is 9.83. The summed E-state index contributed by atoms with van der Waals surface area (Å²) < 4.78 is 10.8. The summed E-state index contributed by atoms with van der Waals surface area (Å²) in [7, 11) is 1.59. The summed E-state index contributed by atoms with van der Waals surface area (Å²) in [5.74, 6) is -0.611. The number of hydrogen-bond acceptors (Lipinski definition) is 5. The fraction of sp³-hybridized carbons (Fsp3) is 0.579. The van der Waals surface area contributed by atoms with E-state index in [0.717, 1.165) is 63.0 Å². The van der Waals surface area contributed by atoms with Crippen molar-refractivity contribution >= 4 is 16.9 Å². The second-order valence-corrected chi connectivity index (χ2v) is 7.13. The van der Waals surface area contributed by atoms with E-state index in [4.69, 9.17) is 9.47 Å². The molecule has 140 valence electrons. The van der Waals surface area contributed by atoms with Crippen molar-refractivity contribution in [2.45, 2.75) is 31.8 Å². The van der Waals surface area contributed by atoms with Gasteiger partial charge in [-0.3, -0.25) is 4.90 Å². The van der Waals surface area contributed by atoms with Gasteiger partial charge in [0, 0.05) is 43.4 Å². The zero-order valence-corrected chi connectivity index (χ0v) is 15.1. The Kier molecular flexibility index (Phi) is 4.93. The minimum absolute atomic E-state index is 0.0943. The van der Waals surface area contributed by atoms with E-state index in [0.29, 0.717) is 11.5 Å². The number of rotatable bonds is 5. The number of aromatic nitrogens is 2. The van der Waals surface area contributed by atoms with Crippen LogP contribution in [0.15, 0.2) is 6.20 Å². The highest BCUT2D eigenvalue weighted by Crippen LogP contribution is 2.39. The number of ether oxygens (including phenoxy) is 2. The minimum Gasteiger partial charge on any atom is -0.477 e. The lowest BCUT2D eigenvalue weighted by Gasteiger charge is -2.32. The molecule has 0 bridgehead atoms. The van der Waals surface area contributed by atoms with E-state index < -0.39 is 5.97 Å². The first-order valence-electron chi connectivity index (χ1n) is 9.23. The van der Waals surface area contributed by atoms with Crippen LogP contribution in [0, 0.1) is 0 Å². The Bertz CT molecular complexity index is 811. The molecule has 0 aromatic carbocycles. The second-order valence-electron chi connectivity index (χ2n) is 7.13. The number of carboxylic acid groups (broad SMARTS) is 1. The molecule has 0 radical (unpaired) electrons. The predicted molar refractivity (Wildman–Crippen MR) is 96.7 cm³/mol. The van der Waals surface area contributed by atoms with E-state index in [1.54, 1.807) is 13.3 Å². The summed E-state index contributed by atoms with van der Waals surface area (Å²) in [6.07, 6.45) is 4.92. The highest BCUT2D eigenvalue weighted by Gasteiger charge is 2.30. The highest BCUT2D eigenvalue weighted by atomic mass is 16.5. The third kappa shape index (κ3) is 3.11. The number of methoxy groups -OCH3 is 1. The van der Waals surface area contributed by atoms with E-state index in [-0.39, 0.29) is 12.3 Å². The number of aryl methyl sites for hydroxylation is 1. The third-order valence-electron chi connectivity index (χ3n) is 5.52. The SMILES string of the molecule is COCc1c(C(=O)O)ncc2[nH]c3c(c12)C(CN1CCOCC1)CCC3. The maximum atomic E-state index is 11.7. The average molecular weight is 359 g/mol. The van der Waals surface area contributed by atoms with Crippen LogP contribution in [-0.2, 0) is 22.5 Å². The Labute approximate surface area is 152 Å². The van der Waals surface area contributed by atoms with Crippen LogP contribution in [0.25, 0.3) is 10.9 Å². The summed E-state index contributed by atoms with van der Waals surface area (Å²) >= 11 is 0. The van der Waals surface area contributed by atoms with Gasteiger partial charge in [-0.1, -0.05) is 0 Å². The second kappa shape index (κ2) is 7.34. The van der Waals surface area contributed by atoms with Crippen LogP contribution in [0.5, 0.6) is 0 Å². The summed E-state index contributed by atoms with van der Waals surface area (Å²) in [5.41, 5.74) is 4.20. The van der Waals surface area contributed by atoms with E-state index in [9.17, 15) is 9.90 Å². The maximum absolute atomic E-state index is 11.7. The van der Waals surface area contributed by atoms with Crippen molar-refractivity contribution in [1.29, 1.82) is 0 Å². The lowest BCUT2D eigenvalue weighted by molar-refractivity contribution is 0.0343. The quantitative estimate of drug-likeness (QED) is 0.851. The molecule has 2 aliphatic rings. The Hall–Kier alpha value is -1.96. The lowest BCUT2D eigenvalue weighted by Crippen LogP contribution is -2.39. The summed E-state index contributed by atoms with van der Waals surface area (Å²) in [4.78, 5) is 21.8. The molecule has 1 aliphatic heterocycles. The molecule has 1 atom stereocenters. The molecule has 2 N–H and O–H groups in total. The molecule has 1 saturated heterocycles. The van der Waals surface area contributed by atoms with Gasteiger partial charge in [0.05, 0.1) is 31.5 Å². The number of morpholine rings is 1. The Morgan fingerprint density at radius 2 is 2.27 bits per heavy atom. The number of aromatic amines is 1. The van der Waals surface area contributed by atoms with Crippen LogP contribution in [0.4, 0.5) is 0 Å². The normalized spacial score (nSPS) is 21.0. The molecule has 0 saturated carbocycles. The van der Waals surface area contributed by atoms with Crippen molar-refractivity contribution in [3.05, 3.63) is 28.7 Å². The van der Waals surface area contributed by atoms with Crippen molar-refractivity contribution in [3.8, 4) is 0 Å². The standard InChI is InChI=1S/C19H25N3O4/c1-25-11-13-17-15(9-20-18(13)19(23)24)21-14-4-2-3-12(16(14)17)10-22-5-7-26-8-6-22/h9,12,21H,2-8,10-11H2,1H3,(H,23,24). The molecule has 0 spiro atoms. The van der Waals surface area contributed by atoms with Crippen LogP contribution < -0.4 is 0 Å². The summed E-state index contributed by atoms with van der Waals surface area (Å²) in [6.45, 7) is 4.73. The van der Waals surface area contributed by atoms with Crippen LogP contribution in [0.3, 0.4) is 0 Å². The smallest absolute Gasteiger partial charge is 0.354 e. The number of nitrogens with one attached hydrogen (secondary N) is 1. The molecule has 26 heavy (non-hydrogen) atoms.